The Morgan fingerprint density at radius 2 is 1.87 bits per heavy atom. The highest BCUT2D eigenvalue weighted by Gasteiger charge is 2.36. The molecule has 0 atom stereocenters. The van der Waals surface area contributed by atoms with Gasteiger partial charge in [-0.25, -0.2) is 0 Å². The molecule has 1 saturated heterocycles. The van der Waals surface area contributed by atoms with Gasteiger partial charge in [0.2, 0.25) is 5.91 Å². The van der Waals surface area contributed by atoms with Crippen molar-refractivity contribution in [1.29, 1.82) is 0 Å². The maximum atomic E-state index is 12.6. The number of nitrogens with zero attached hydrogens (tertiary/aromatic N) is 1. The molecule has 0 aromatic heterocycles. The molecule has 0 unspecified atom stereocenters. The molecule has 154 valence electrons. The van der Waals surface area contributed by atoms with Gasteiger partial charge in [0.25, 0.3) is 11.1 Å². The second-order valence-corrected chi connectivity index (χ2v) is 7.78. The molecule has 30 heavy (non-hydrogen) atoms. The summed E-state index contributed by atoms with van der Waals surface area (Å²) in [4.78, 5) is 38.4. The van der Waals surface area contributed by atoms with Crippen molar-refractivity contribution in [3.8, 4) is 5.75 Å². The summed E-state index contributed by atoms with van der Waals surface area (Å²) in [5.74, 6) is -0.221. The standard InChI is InChI=1S/C23H22N2O4S/c1-4-11-29-19-9-6-17(7-10-19)13-20-22(27)25(23(28)30-20)14-21(26)24-18-8-5-15(2)16(3)12-18/h4-10,12-13H,1,11,14H2,2-3H3,(H,24,26)/b20-13+. The van der Waals surface area contributed by atoms with E-state index in [-0.39, 0.29) is 11.4 Å². The van der Waals surface area contributed by atoms with Crippen LogP contribution in [0.1, 0.15) is 16.7 Å². The first-order chi connectivity index (χ1) is 14.4. The van der Waals surface area contributed by atoms with E-state index in [1.165, 1.54) is 0 Å². The van der Waals surface area contributed by atoms with E-state index in [9.17, 15) is 14.4 Å². The van der Waals surface area contributed by atoms with Crippen molar-refractivity contribution in [2.45, 2.75) is 13.8 Å². The van der Waals surface area contributed by atoms with Crippen LogP contribution in [-0.2, 0) is 9.59 Å². The average Bonchev–Trinajstić information content (AvgIpc) is 2.97. The predicted molar refractivity (Wildman–Crippen MR) is 119 cm³/mol. The van der Waals surface area contributed by atoms with E-state index in [1.807, 2.05) is 26.0 Å². The predicted octanol–water partition coefficient (Wildman–Crippen LogP) is 4.54. The van der Waals surface area contributed by atoms with Gasteiger partial charge in [-0.2, -0.15) is 0 Å². The number of rotatable bonds is 7. The molecular formula is C23H22N2O4S. The highest BCUT2D eigenvalue weighted by Crippen LogP contribution is 2.32. The number of amides is 3. The second-order valence-electron chi connectivity index (χ2n) is 6.78. The van der Waals surface area contributed by atoms with E-state index in [0.717, 1.165) is 33.4 Å². The van der Waals surface area contributed by atoms with Crippen molar-refractivity contribution in [3.05, 3.63) is 76.7 Å². The minimum absolute atomic E-state index is 0.277. The summed E-state index contributed by atoms with van der Waals surface area (Å²) in [6.07, 6.45) is 3.28. The van der Waals surface area contributed by atoms with Crippen LogP contribution >= 0.6 is 11.8 Å². The molecule has 1 fully saturated rings. The quantitative estimate of drug-likeness (QED) is 0.524. The SMILES string of the molecule is C=CCOc1ccc(/C=C2/SC(=O)N(CC(=O)Nc3ccc(C)c(C)c3)C2=O)cc1. The van der Waals surface area contributed by atoms with E-state index in [4.69, 9.17) is 4.74 Å². The number of hydrogen-bond acceptors (Lipinski definition) is 5. The van der Waals surface area contributed by atoms with Gasteiger partial charge in [0.05, 0.1) is 4.91 Å². The lowest BCUT2D eigenvalue weighted by molar-refractivity contribution is -0.127. The van der Waals surface area contributed by atoms with Gasteiger partial charge in [-0.1, -0.05) is 30.9 Å². The topological polar surface area (TPSA) is 75.7 Å². The molecule has 0 aliphatic carbocycles. The largest absolute Gasteiger partial charge is 0.490 e. The monoisotopic (exact) mass is 422 g/mol. The van der Waals surface area contributed by atoms with Crippen LogP contribution in [0.4, 0.5) is 10.5 Å². The fourth-order valence-corrected chi connectivity index (χ4v) is 3.60. The lowest BCUT2D eigenvalue weighted by atomic mass is 10.1. The molecule has 0 spiro atoms. The molecule has 3 rings (SSSR count). The lowest BCUT2D eigenvalue weighted by Gasteiger charge is -2.13. The Balaban J connectivity index is 1.65. The molecular weight excluding hydrogens is 400 g/mol. The number of carbonyl (C=O) groups excluding carboxylic acids is 3. The first-order valence-electron chi connectivity index (χ1n) is 9.33. The third kappa shape index (κ3) is 5.18. The Labute approximate surface area is 179 Å². The molecule has 1 aliphatic heterocycles. The van der Waals surface area contributed by atoms with Crippen molar-refractivity contribution < 1.29 is 19.1 Å². The molecule has 0 saturated carbocycles. The van der Waals surface area contributed by atoms with Crippen molar-refractivity contribution in [2.24, 2.45) is 0 Å². The summed E-state index contributed by atoms with van der Waals surface area (Å²) in [5.41, 5.74) is 3.54. The van der Waals surface area contributed by atoms with Gasteiger partial charge in [0.1, 0.15) is 18.9 Å². The zero-order chi connectivity index (χ0) is 21.7. The third-order valence-corrected chi connectivity index (χ3v) is 5.42. The molecule has 0 radical (unpaired) electrons. The average molecular weight is 423 g/mol. The maximum Gasteiger partial charge on any atom is 0.294 e. The summed E-state index contributed by atoms with van der Waals surface area (Å²) >= 11 is 0.821. The van der Waals surface area contributed by atoms with Crippen molar-refractivity contribution in [1.82, 2.24) is 4.90 Å². The molecule has 3 amide bonds. The Morgan fingerprint density at radius 1 is 1.13 bits per heavy atom. The molecule has 1 N–H and O–H groups in total. The Kier molecular flexibility index (Phi) is 6.74. The fraction of sp³-hybridized carbons (Fsp3) is 0.174. The Hall–Kier alpha value is -3.32. The van der Waals surface area contributed by atoms with E-state index in [2.05, 4.69) is 11.9 Å². The van der Waals surface area contributed by atoms with E-state index < -0.39 is 17.1 Å². The Bertz CT molecular complexity index is 1030. The number of benzene rings is 2. The number of aryl methyl sites for hydroxylation is 2. The van der Waals surface area contributed by atoms with Gasteiger partial charge >= 0.3 is 0 Å². The number of imide groups is 1. The molecule has 7 heteroatoms. The summed E-state index contributed by atoms with van der Waals surface area (Å²) in [5, 5.41) is 2.27. The van der Waals surface area contributed by atoms with Crippen molar-refractivity contribution in [3.63, 3.8) is 0 Å². The van der Waals surface area contributed by atoms with Gasteiger partial charge in [-0.15, -0.1) is 0 Å². The number of hydrogen-bond donors (Lipinski definition) is 1. The van der Waals surface area contributed by atoms with Crippen LogP contribution in [-0.4, -0.2) is 35.1 Å². The highest BCUT2D eigenvalue weighted by atomic mass is 32.2. The molecule has 1 heterocycles. The molecule has 2 aromatic carbocycles. The van der Waals surface area contributed by atoms with Gasteiger partial charge < -0.3 is 10.1 Å². The van der Waals surface area contributed by atoms with Gasteiger partial charge in [0.15, 0.2) is 0 Å². The van der Waals surface area contributed by atoms with Crippen LogP contribution in [0.5, 0.6) is 5.75 Å². The van der Waals surface area contributed by atoms with Crippen LogP contribution in [0.3, 0.4) is 0 Å². The van der Waals surface area contributed by atoms with Crippen LogP contribution in [0.2, 0.25) is 0 Å². The van der Waals surface area contributed by atoms with Crippen LogP contribution in [0.15, 0.2) is 60.0 Å². The fourth-order valence-electron chi connectivity index (χ4n) is 2.77. The summed E-state index contributed by atoms with van der Waals surface area (Å²) < 4.78 is 5.42. The number of anilines is 1. The normalized spacial score (nSPS) is 14.9. The lowest BCUT2D eigenvalue weighted by Crippen LogP contribution is -2.36. The van der Waals surface area contributed by atoms with Crippen LogP contribution in [0.25, 0.3) is 6.08 Å². The van der Waals surface area contributed by atoms with Gasteiger partial charge in [-0.3, -0.25) is 19.3 Å². The van der Waals surface area contributed by atoms with Crippen LogP contribution in [0, 0.1) is 13.8 Å². The van der Waals surface area contributed by atoms with E-state index >= 15 is 0 Å². The van der Waals surface area contributed by atoms with Crippen molar-refractivity contribution >= 4 is 40.6 Å². The van der Waals surface area contributed by atoms with E-state index in [1.54, 1.807) is 42.5 Å². The number of carbonyl (C=O) groups is 3. The molecule has 1 aliphatic rings. The van der Waals surface area contributed by atoms with Crippen LogP contribution < -0.4 is 10.1 Å². The third-order valence-electron chi connectivity index (χ3n) is 4.51. The minimum Gasteiger partial charge on any atom is -0.490 e. The smallest absolute Gasteiger partial charge is 0.294 e. The second kappa shape index (κ2) is 9.45. The zero-order valence-corrected chi connectivity index (χ0v) is 17.6. The van der Waals surface area contributed by atoms with E-state index in [0.29, 0.717) is 18.0 Å². The molecule has 0 bridgehead atoms. The van der Waals surface area contributed by atoms with Gasteiger partial charge in [-0.05, 0) is 72.6 Å². The number of thioether (sulfide) groups is 1. The molecule has 6 nitrogen and oxygen atoms in total. The molecule has 2 aromatic rings. The summed E-state index contributed by atoms with van der Waals surface area (Å²) in [6.45, 7) is 7.60. The highest BCUT2D eigenvalue weighted by molar-refractivity contribution is 8.18. The summed E-state index contributed by atoms with van der Waals surface area (Å²) in [7, 11) is 0. The number of nitrogens with one attached hydrogen (secondary N) is 1. The first-order valence-corrected chi connectivity index (χ1v) is 10.2. The zero-order valence-electron chi connectivity index (χ0n) is 16.8. The first kappa shape index (κ1) is 21.4. The maximum absolute atomic E-state index is 12.6. The summed E-state index contributed by atoms with van der Waals surface area (Å²) in [6, 6.07) is 12.7. The number of ether oxygens (including phenoxy) is 1. The van der Waals surface area contributed by atoms with Crippen molar-refractivity contribution in [2.75, 3.05) is 18.5 Å². The minimum atomic E-state index is -0.479. The Morgan fingerprint density at radius 3 is 2.53 bits per heavy atom. The van der Waals surface area contributed by atoms with Gasteiger partial charge in [0, 0.05) is 5.69 Å².